The zero-order chi connectivity index (χ0) is 11.5. The highest BCUT2D eigenvalue weighted by atomic mass is 32.1. The molecule has 0 aliphatic carbocycles. The molecule has 0 amide bonds. The number of hydrogen-bond donors (Lipinski definition) is 1. The first-order valence-corrected chi connectivity index (χ1v) is 6.10. The van der Waals surface area contributed by atoms with Crippen molar-refractivity contribution in [2.45, 2.75) is 19.9 Å². The van der Waals surface area contributed by atoms with Crippen LogP contribution in [0.5, 0.6) is 0 Å². The molecule has 5 nitrogen and oxygen atoms in total. The van der Waals surface area contributed by atoms with Gasteiger partial charge in [-0.25, -0.2) is 4.98 Å². The van der Waals surface area contributed by atoms with Gasteiger partial charge in [-0.3, -0.25) is 4.68 Å². The van der Waals surface area contributed by atoms with Crippen molar-refractivity contribution >= 4 is 11.3 Å². The van der Waals surface area contributed by atoms with E-state index in [1.54, 1.807) is 22.2 Å². The summed E-state index contributed by atoms with van der Waals surface area (Å²) in [5.74, 6) is 0. The van der Waals surface area contributed by atoms with Gasteiger partial charge in [-0.15, -0.1) is 16.4 Å². The Hall–Kier alpha value is -1.27. The molecule has 0 aliphatic heterocycles. The van der Waals surface area contributed by atoms with Gasteiger partial charge in [0.05, 0.1) is 34.0 Å². The average Bonchev–Trinajstić information content (AvgIpc) is 2.84. The molecule has 1 unspecified atom stereocenters. The van der Waals surface area contributed by atoms with Crippen LogP contribution < -0.4 is 5.32 Å². The van der Waals surface area contributed by atoms with Gasteiger partial charge in [0.25, 0.3) is 0 Å². The van der Waals surface area contributed by atoms with E-state index in [2.05, 4.69) is 27.5 Å². The molecule has 86 valence electrons. The summed E-state index contributed by atoms with van der Waals surface area (Å²) < 4.78 is 1.80. The Labute approximate surface area is 98.5 Å². The minimum atomic E-state index is 0.137. The Bertz CT molecular complexity index is 421. The summed E-state index contributed by atoms with van der Waals surface area (Å²) in [4.78, 5) is 5.52. The minimum Gasteiger partial charge on any atom is -0.304 e. The second-order valence-electron chi connectivity index (χ2n) is 3.58. The third-order valence-corrected chi connectivity index (χ3v) is 3.49. The summed E-state index contributed by atoms with van der Waals surface area (Å²) in [7, 11) is 1.91. The maximum Gasteiger partial charge on any atom is 0.0877 e. The first-order valence-electron chi connectivity index (χ1n) is 5.22. The van der Waals surface area contributed by atoms with Crippen LogP contribution in [-0.4, -0.2) is 26.5 Å². The molecule has 2 aromatic heterocycles. The first-order chi connectivity index (χ1) is 7.74. The summed E-state index contributed by atoms with van der Waals surface area (Å²) in [5, 5.41) is 11.3. The molecule has 0 spiro atoms. The van der Waals surface area contributed by atoms with Gasteiger partial charge >= 0.3 is 0 Å². The lowest BCUT2D eigenvalue weighted by Gasteiger charge is -2.16. The Kier molecular flexibility index (Phi) is 3.31. The molecule has 16 heavy (non-hydrogen) atoms. The molecule has 2 aromatic rings. The number of aromatic nitrogens is 4. The van der Waals surface area contributed by atoms with Gasteiger partial charge in [0, 0.05) is 7.05 Å². The fourth-order valence-corrected chi connectivity index (χ4v) is 2.57. The predicted octanol–water partition coefficient (Wildman–Crippen LogP) is 1.28. The molecule has 2 rings (SSSR count). The van der Waals surface area contributed by atoms with Gasteiger partial charge in [-0.1, -0.05) is 12.1 Å². The van der Waals surface area contributed by atoms with Crippen LogP contribution in [0.4, 0.5) is 0 Å². The molecule has 0 bridgehead atoms. The normalized spacial score (nSPS) is 12.9. The predicted molar refractivity (Wildman–Crippen MR) is 63.4 cm³/mol. The van der Waals surface area contributed by atoms with Crippen LogP contribution in [0.3, 0.4) is 0 Å². The zero-order valence-electron chi connectivity index (χ0n) is 9.64. The Morgan fingerprint density at radius 1 is 1.56 bits per heavy atom. The van der Waals surface area contributed by atoms with E-state index in [1.807, 2.05) is 19.5 Å². The number of thiazole rings is 1. The molecule has 1 N–H and O–H groups in total. The van der Waals surface area contributed by atoms with Crippen molar-refractivity contribution in [1.82, 2.24) is 25.3 Å². The summed E-state index contributed by atoms with van der Waals surface area (Å²) in [6, 6.07) is 0.137. The van der Waals surface area contributed by atoms with Crippen molar-refractivity contribution < 1.29 is 0 Å². The largest absolute Gasteiger partial charge is 0.304 e. The van der Waals surface area contributed by atoms with Gasteiger partial charge in [-0.05, 0) is 13.5 Å². The fraction of sp³-hybridized carbons (Fsp3) is 0.500. The molecule has 0 fully saturated rings. The molecular weight excluding hydrogens is 222 g/mol. The van der Waals surface area contributed by atoms with Crippen LogP contribution in [0.15, 0.2) is 11.7 Å². The number of aryl methyl sites for hydroxylation is 2. The van der Waals surface area contributed by atoms with Gasteiger partial charge in [0.15, 0.2) is 0 Å². The quantitative estimate of drug-likeness (QED) is 0.870. The van der Waals surface area contributed by atoms with Crippen molar-refractivity contribution in [3.8, 4) is 0 Å². The van der Waals surface area contributed by atoms with Crippen LogP contribution in [0.2, 0.25) is 0 Å². The lowest BCUT2D eigenvalue weighted by molar-refractivity contribution is 0.572. The second kappa shape index (κ2) is 4.71. The maximum absolute atomic E-state index is 4.29. The molecule has 0 radical (unpaired) electrons. The molecule has 0 saturated heterocycles. The van der Waals surface area contributed by atoms with Crippen LogP contribution in [0.1, 0.15) is 29.2 Å². The minimum absolute atomic E-state index is 0.137. The highest BCUT2D eigenvalue weighted by Crippen LogP contribution is 2.26. The van der Waals surface area contributed by atoms with E-state index < -0.39 is 0 Å². The van der Waals surface area contributed by atoms with E-state index >= 15 is 0 Å². The molecule has 6 heteroatoms. The summed E-state index contributed by atoms with van der Waals surface area (Å²) in [5.41, 5.74) is 4.00. The van der Waals surface area contributed by atoms with E-state index in [0.29, 0.717) is 0 Å². The van der Waals surface area contributed by atoms with E-state index in [0.717, 1.165) is 17.9 Å². The van der Waals surface area contributed by atoms with Gasteiger partial charge in [0.2, 0.25) is 0 Å². The SMILES string of the molecule is CCNC(c1scnc1C)c1cnnn1C. The van der Waals surface area contributed by atoms with Crippen LogP contribution in [0.25, 0.3) is 0 Å². The van der Waals surface area contributed by atoms with Gasteiger partial charge in [-0.2, -0.15) is 0 Å². The van der Waals surface area contributed by atoms with Gasteiger partial charge in [0.1, 0.15) is 0 Å². The zero-order valence-corrected chi connectivity index (χ0v) is 10.5. The molecular formula is C10H15N5S. The van der Waals surface area contributed by atoms with Gasteiger partial charge < -0.3 is 5.32 Å². The molecule has 0 aromatic carbocycles. The summed E-state index contributed by atoms with van der Waals surface area (Å²) in [6.45, 7) is 5.01. The molecule has 1 atom stereocenters. The lowest BCUT2D eigenvalue weighted by atomic mass is 10.1. The standard InChI is InChI=1S/C10H15N5S/c1-4-11-9(8-5-13-14-15(8)3)10-7(2)12-6-16-10/h5-6,9,11H,4H2,1-3H3. The third kappa shape index (κ3) is 1.98. The highest BCUT2D eigenvalue weighted by Gasteiger charge is 2.20. The highest BCUT2D eigenvalue weighted by molar-refractivity contribution is 7.09. The van der Waals surface area contributed by atoms with Crippen molar-refractivity contribution in [1.29, 1.82) is 0 Å². The monoisotopic (exact) mass is 237 g/mol. The van der Waals surface area contributed by atoms with Crippen molar-refractivity contribution in [3.05, 3.63) is 28.0 Å². The number of nitrogens with one attached hydrogen (secondary N) is 1. The van der Waals surface area contributed by atoms with Crippen molar-refractivity contribution in [2.24, 2.45) is 7.05 Å². The summed E-state index contributed by atoms with van der Waals surface area (Å²) in [6.07, 6.45) is 1.80. The molecule has 0 saturated carbocycles. The van der Waals surface area contributed by atoms with E-state index in [-0.39, 0.29) is 6.04 Å². The van der Waals surface area contributed by atoms with E-state index in [9.17, 15) is 0 Å². The van der Waals surface area contributed by atoms with E-state index in [1.165, 1.54) is 4.88 Å². The maximum atomic E-state index is 4.29. The second-order valence-corrected chi connectivity index (χ2v) is 4.46. The topological polar surface area (TPSA) is 55.6 Å². The lowest BCUT2D eigenvalue weighted by Crippen LogP contribution is -2.24. The third-order valence-electron chi connectivity index (χ3n) is 2.50. The number of hydrogen-bond acceptors (Lipinski definition) is 5. The summed E-state index contributed by atoms with van der Waals surface area (Å²) >= 11 is 1.66. The Morgan fingerprint density at radius 3 is 2.88 bits per heavy atom. The number of rotatable bonds is 4. The van der Waals surface area contributed by atoms with Crippen LogP contribution >= 0.6 is 11.3 Å². The van der Waals surface area contributed by atoms with Crippen molar-refractivity contribution in [2.75, 3.05) is 6.54 Å². The van der Waals surface area contributed by atoms with Crippen molar-refractivity contribution in [3.63, 3.8) is 0 Å². The smallest absolute Gasteiger partial charge is 0.0877 e. The van der Waals surface area contributed by atoms with E-state index in [4.69, 9.17) is 0 Å². The average molecular weight is 237 g/mol. The molecule has 0 aliphatic rings. The Morgan fingerprint density at radius 2 is 2.38 bits per heavy atom. The van der Waals surface area contributed by atoms with Crippen LogP contribution in [-0.2, 0) is 7.05 Å². The fourth-order valence-electron chi connectivity index (χ4n) is 1.68. The van der Waals surface area contributed by atoms with Crippen LogP contribution in [0, 0.1) is 6.92 Å². The Balaban J connectivity index is 2.39. The number of nitrogens with zero attached hydrogens (tertiary/aromatic N) is 4. The first kappa shape index (κ1) is 11.2. The molecule has 2 heterocycles.